The molecule has 94 valence electrons. The maximum absolute atomic E-state index is 4.53. The van der Waals surface area contributed by atoms with Crippen molar-refractivity contribution in [3.63, 3.8) is 0 Å². The normalized spacial score (nSPS) is 10.3. The maximum Gasteiger partial charge on any atom is 0.126 e. The van der Waals surface area contributed by atoms with Gasteiger partial charge in [0.15, 0.2) is 0 Å². The zero-order valence-corrected chi connectivity index (χ0v) is 12.5. The molecule has 0 aromatic carbocycles. The number of hydrogen-bond donors (Lipinski definition) is 1. The Hall–Kier alpha value is -1.07. The second kappa shape index (κ2) is 6.75. The highest BCUT2D eigenvalue weighted by Crippen LogP contribution is 2.21. The Morgan fingerprint density at radius 2 is 2.17 bits per heavy atom. The molecule has 1 N–H and O–H groups in total. The van der Waals surface area contributed by atoms with Gasteiger partial charge < -0.3 is 5.32 Å². The summed E-state index contributed by atoms with van der Waals surface area (Å²) in [5.41, 5.74) is 1.06. The van der Waals surface area contributed by atoms with E-state index < -0.39 is 0 Å². The summed E-state index contributed by atoms with van der Waals surface area (Å²) >= 11 is 5.06. The topological polar surface area (TPSA) is 37.8 Å². The summed E-state index contributed by atoms with van der Waals surface area (Å²) in [6.45, 7) is 2.95. The fourth-order valence-corrected chi connectivity index (χ4v) is 2.42. The van der Waals surface area contributed by atoms with Gasteiger partial charge in [0.25, 0.3) is 0 Å². The van der Waals surface area contributed by atoms with E-state index in [9.17, 15) is 0 Å². The Labute approximate surface area is 120 Å². The molecule has 3 nitrogen and oxygen atoms in total. The van der Waals surface area contributed by atoms with E-state index >= 15 is 0 Å². The summed E-state index contributed by atoms with van der Waals surface area (Å²) in [6, 6.07) is 10.0. The summed E-state index contributed by atoms with van der Waals surface area (Å²) in [5, 5.41) is 4.22. The van der Waals surface area contributed by atoms with E-state index in [-0.39, 0.29) is 0 Å². The van der Waals surface area contributed by atoms with E-state index in [2.05, 4.69) is 38.1 Å². The molecule has 18 heavy (non-hydrogen) atoms. The molecule has 0 bridgehead atoms. The number of anilines is 1. The highest BCUT2D eigenvalue weighted by atomic mass is 79.9. The average Bonchev–Trinajstić information content (AvgIpc) is 2.39. The molecular weight excluding hydrogens is 310 g/mol. The molecular formula is C13H14BrN3S. The molecule has 0 radical (unpaired) electrons. The van der Waals surface area contributed by atoms with Crippen LogP contribution in [0.5, 0.6) is 0 Å². The zero-order chi connectivity index (χ0) is 12.8. The van der Waals surface area contributed by atoms with Crippen molar-refractivity contribution in [3.8, 4) is 0 Å². The molecule has 2 heterocycles. The largest absolute Gasteiger partial charge is 0.370 e. The summed E-state index contributed by atoms with van der Waals surface area (Å²) in [7, 11) is 0. The van der Waals surface area contributed by atoms with Crippen molar-refractivity contribution in [1.82, 2.24) is 9.97 Å². The van der Waals surface area contributed by atoms with Gasteiger partial charge in [-0.2, -0.15) is 0 Å². The summed E-state index contributed by atoms with van der Waals surface area (Å²) in [4.78, 5) is 8.85. The molecule has 2 aromatic rings. The van der Waals surface area contributed by atoms with Crippen molar-refractivity contribution in [2.75, 3.05) is 11.9 Å². The predicted octanol–water partition coefficient (Wildman–Crippen LogP) is 3.96. The first-order valence-corrected chi connectivity index (χ1v) is 7.50. The molecule has 0 atom stereocenters. The molecule has 0 aliphatic heterocycles. The lowest BCUT2D eigenvalue weighted by atomic mass is 10.4. The fourth-order valence-electron chi connectivity index (χ4n) is 1.44. The SMILES string of the molecule is CCNc1cccc(CSc2ccc(Br)cn2)n1. The van der Waals surface area contributed by atoms with Crippen LogP contribution in [0, 0.1) is 0 Å². The van der Waals surface area contributed by atoms with Crippen LogP contribution in [-0.2, 0) is 5.75 Å². The first kappa shape index (κ1) is 13.4. The molecule has 2 rings (SSSR count). The van der Waals surface area contributed by atoms with Crippen LogP contribution in [0.25, 0.3) is 0 Å². The molecule has 0 unspecified atom stereocenters. The Kier molecular flexibility index (Phi) is 5.01. The standard InChI is InChI=1S/C13H14BrN3S/c1-2-15-12-5-3-4-11(17-12)9-18-13-7-6-10(14)8-16-13/h3-8H,2,9H2,1H3,(H,15,17). The highest BCUT2D eigenvalue weighted by molar-refractivity contribution is 9.10. The predicted molar refractivity (Wildman–Crippen MR) is 79.9 cm³/mol. The van der Waals surface area contributed by atoms with E-state index in [0.29, 0.717) is 0 Å². The molecule has 2 aromatic heterocycles. The van der Waals surface area contributed by atoms with Gasteiger partial charge in [-0.05, 0) is 47.1 Å². The Balaban J connectivity index is 1.97. The first-order chi connectivity index (χ1) is 8.78. The highest BCUT2D eigenvalue weighted by Gasteiger charge is 2.00. The van der Waals surface area contributed by atoms with Gasteiger partial charge in [-0.25, -0.2) is 9.97 Å². The summed E-state index contributed by atoms with van der Waals surface area (Å²) in [6.07, 6.45) is 1.81. The van der Waals surface area contributed by atoms with Crippen molar-refractivity contribution in [3.05, 3.63) is 46.7 Å². The third-order valence-electron chi connectivity index (χ3n) is 2.23. The second-order valence-corrected chi connectivity index (χ2v) is 5.56. The van der Waals surface area contributed by atoms with E-state index in [1.807, 2.05) is 36.5 Å². The number of nitrogens with one attached hydrogen (secondary N) is 1. The van der Waals surface area contributed by atoms with Crippen LogP contribution in [-0.4, -0.2) is 16.5 Å². The molecule has 0 spiro atoms. The lowest BCUT2D eigenvalue weighted by Gasteiger charge is -2.05. The first-order valence-electron chi connectivity index (χ1n) is 5.72. The minimum atomic E-state index is 0.827. The van der Waals surface area contributed by atoms with Crippen LogP contribution in [0.2, 0.25) is 0 Å². The van der Waals surface area contributed by atoms with Gasteiger partial charge in [0.1, 0.15) is 5.82 Å². The van der Waals surface area contributed by atoms with Crippen LogP contribution in [0.4, 0.5) is 5.82 Å². The third kappa shape index (κ3) is 3.99. The lowest BCUT2D eigenvalue weighted by Crippen LogP contribution is -2.00. The van der Waals surface area contributed by atoms with Gasteiger partial charge in [0.2, 0.25) is 0 Å². The lowest BCUT2D eigenvalue weighted by molar-refractivity contribution is 1.10. The van der Waals surface area contributed by atoms with Crippen molar-refractivity contribution in [1.29, 1.82) is 0 Å². The summed E-state index contributed by atoms with van der Waals surface area (Å²) < 4.78 is 0.999. The van der Waals surface area contributed by atoms with Crippen LogP contribution in [0.1, 0.15) is 12.6 Å². The van der Waals surface area contributed by atoms with E-state index in [4.69, 9.17) is 0 Å². The third-order valence-corrected chi connectivity index (χ3v) is 3.68. The molecule has 0 saturated heterocycles. The van der Waals surface area contributed by atoms with Crippen LogP contribution in [0.15, 0.2) is 46.0 Å². The van der Waals surface area contributed by atoms with Crippen molar-refractivity contribution in [2.24, 2.45) is 0 Å². The van der Waals surface area contributed by atoms with E-state index in [1.165, 1.54) is 0 Å². The van der Waals surface area contributed by atoms with Gasteiger partial charge in [0.05, 0.1) is 10.7 Å². The van der Waals surface area contributed by atoms with Gasteiger partial charge in [0, 0.05) is 23.0 Å². The number of thioether (sulfide) groups is 1. The zero-order valence-electron chi connectivity index (χ0n) is 10.1. The number of nitrogens with zero attached hydrogens (tertiary/aromatic N) is 2. The van der Waals surface area contributed by atoms with Gasteiger partial charge in [-0.1, -0.05) is 6.07 Å². The van der Waals surface area contributed by atoms with Crippen molar-refractivity contribution in [2.45, 2.75) is 17.7 Å². The quantitative estimate of drug-likeness (QED) is 0.845. The number of halogens is 1. The molecule has 0 amide bonds. The smallest absolute Gasteiger partial charge is 0.126 e. The van der Waals surface area contributed by atoms with Crippen LogP contribution < -0.4 is 5.32 Å². The minimum Gasteiger partial charge on any atom is -0.370 e. The monoisotopic (exact) mass is 323 g/mol. The number of pyridine rings is 2. The molecule has 0 aliphatic rings. The molecule has 0 saturated carbocycles. The van der Waals surface area contributed by atoms with Gasteiger partial charge in [-0.3, -0.25) is 0 Å². The molecule has 0 fully saturated rings. The van der Waals surface area contributed by atoms with Crippen molar-refractivity contribution < 1.29 is 0 Å². The number of hydrogen-bond acceptors (Lipinski definition) is 4. The molecule has 5 heteroatoms. The Morgan fingerprint density at radius 3 is 2.89 bits per heavy atom. The minimum absolute atomic E-state index is 0.827. The number of aromatic nitrogens is 2. The summed E-state index contributed by atoms with van der Waals surface area (Å²) in [5.74, 6) is 1.76. The Morgan fingerprint density at radius 1 is 1.28 bits per heavy atom. The van der Waals surface area contributed by atoms with Crippen LogP contribution >= 0.6 is 27.7 Å². The van der Waals surface area contributed by atoms with Gasteiger partial charge >= 0.3 is 0 Å². The van der Waals surface area contributed by atoms with E-state index in [0.717, 1.165) is 33.3 Å². The maximum atomic E-state index is 4.53. The Bertz CT molecular complexity index is 502. The van der Waals surface area contributed by atoms with Gasteiger partial charge in [-0.15, -0.1) is 11.8 Å². The number of rotatable bonds is 5. The van der Waals surface area contributed by atoms with Crippen LogP contribution in [0.3, 0.4) is 0 Å². The van der Waals surface area contributed by atoms with E-state index in [1.54, 1.807) is 11.8 Å². The van der Waals surface area contributed by atoms with Crippen molar-refractivity contribution >= 4 is 33.5 Å². The fraction of sp³-hybridized carbons (Fsp3) is 0.231. The second-order valence-electron chi connectivity index (χ2n) is 3.65. The average molecular weight is 324 g/mol. The molecule has 0 aliphatic carbocycles.